The van der Waals surface area contributed by atoms with Crippen LogP contribution in [0.15, 0.2) is 34.8 Å². The average molecular weight is 392 g/mol. The van der Waals surface area contributed by atoms with Gasteiger partial charge in [0.05, 0.1) is 32.1 Å². The van der Waals surface area contributed by atoms with Crippen LogP contribution in [-0.2, 0) is 5.88 Å². The van der Waals surface area contributed by atoms with E-state index in [-0.39, 0.29) is 16.0 Å². The summed E-state index contributed by atoms with van der Waals surface area (Å²) in [5.74, 6) is -0.752. The van der Waals surface area contributed by atoms with Gasteiger partial charge >= 0.3 is 0 Å². The number of alkyl halides is 1. The van der Waals surface area contributed by atoms with Gasteiger partial charge in [-0.1, -0.05) is 17.7 Å². The van der Waals surface area contributed by atoms with E-state index in [0.717, 1.165) is 12.1 Å². The molecule has 2 nitrogen and oxygen atoms in total. The SMILES string of the molecule is Fc1cc(-n2c(CCl)nc3cccc(Cl)c32)c(F)cc1Br. The van der Waals surface area contributed by atoms with Crippen LogP contribution in [0.3, 0.4) is 0 Å². The highest BCUT2D eigenvalue weighted by molar-refractivity contribution is 9.10. The summed E-state index contributed by atoms with van der Waals surface area (Å²) in [6.45, 7) is 0. The number of hydrogen-bond acceptors (Lipinski definition) is 1. The van der Waals surface area contributed by atoms with Gasteiger partial charge < -0.3 is 0 Å². The minimum atomic E-state index is -0.603. The summed E-state index contributed by atoms with van der Waals surface area (Å²) in [6, 6.07) is 7.28. The summed E-state index contributed by atoms with van der Waals surface area (Å²) < 4.78 is 29.5. The van der Waals surface area contributed by atoms with Gasteiger partial charge in [-0.05, 0) is 34.1 Å². The second-order valence-electron chi connectivity index (χ2n) is 4.32. The van der Waals surface area contributed by atoms with E-state index >= 15 is 0 Å². The maximum absolute atomic E-state index is 14.2. The first-order valence-electron chi connectivity index (χ1n) is 5.89. The van der Waals surface area contributed by atoms with E-state index in [1.54, 1.807) is 18.2 Å². The van der Waals surface area contributed by atoms with E-state index in [2.05, 4.69) is 20.9 Å². The van der Waals surface area contributed by atoms with E-state index in [1.165, 1.54) is 4.57 Å². The predicted octanol–water partition coefficient (Wildman–Crippen LogP) is 5.46. The predicted molar refractivity (Wildman–Crippen MR) is 83.3 cm³/mol. The molecule has 0 atom stereocenters. The van der Waals surface area contributed by atoms with E-state index < -0.39 is 11.6 Å². The zero-order valence-electron chi connectivity index (χ0n) is 10.4. The van der Waals surface area contributed by atoms with E-state index in [4.69, 9.17) is 23.2 Å². The molecule has 21 heavy (non-hydrogen) atoms. The van der Waals surface area contributed by atoms with Crippen molar-refractivity contribution in [2.45, 2.75) is 5.88 Å². The number of aromatic nitrogens is 2. The lowest BCUT2D eigenvalue weighted by molar-refractivity contribution is 0.587. The third-order valence-corrected chi connectivity index (χ3v) is 4.20. The summed E-state index contributed by atoms with van der Waals surface area (Å²) in [4.78, 5) is 4.31. The molecule has 0 spiro atoms. The second kappa shape index (κ2) is 5.55. The number of rotatable bonds is 2. The molecular formula is C14H7BrCl2F2N2. The van der Waals surface area contributed by atoms with Gasteiger partial charge in [0.2, 0.25) is 0 Å². The van der Waals surface area contributed by atoms with Crippen molar-refractivity contribution in [1.82, 2.24) is 9.55 Å². The van der Waals surface area contributed by atoms with Crippen LogP contribution >= 0.6 is 39.1 Å². The fourth-order valence-corrected chi connectivity index (χ4v) is 2.91. The molecule has 0 fully saturated rings. The molecule has 0 saturated heterocycles. The number of nitrogens with zero attached hydrogens (tertiary/aromatic N) is 2. The Labute approximate surface area is 137 Å². The summed E-state index contributed by atoms with van der Waals surface area (Å²) in [6.07, 6.45) is 0. The Balaban J connectivity index is 2.41. The zero-order chi connectivity index (χ0) is 15.1. The first kappa shape index (κ1) is 14.8. The quantitative estimate of drug-likeness (QED) is 0.419. The Kier molecular flexibility index (Phi) is 3.90. The molecule has 2 aromatic carbocycles. The normalized spacial score (nSPS) is 11.3. The van der Waals surface area contributed by atoms with E-state index in [9.17, 15) is 8.78 Å². The van der Waals surface area contributed by atoms with Gasteiger partial charge in [-0.2, -0.15) is 0 Å². The molecule has 0 radical (unpaired) electrons. The molecule has 108 valence electrons. The van der Waals surface area contributed by atoms with Gasteiger partial charge in [0.1, 0.15) is 17.5 Å². The molecule has 1 heterocycles. The number of imidazole rings is 1. The Morgan fingerprint density at radius 1 is 1.19 bits per heavy atom. The molecule has 7 heteroatoms. The molecule has 0 aliphatic rings. The molecule has 3 rings (SSSR count). The lowest BCUT2D eigenvalue weighted by Gasteiger charge is -2.10. The van der Waals surface area contributed by atoms with Crippen LogP contribution in [0.25, 0.3) is 16.7 Å². The van der Waals surface area contributed by atoms with Crippen molar-refractivity contribution in [3.8, 4) is 5.69 Å². The zero-order valence-corrected chi connectivity index (χ0v) is 13.5. The van der Waals surface area contributed by atoms with Gasteiger partial charge in [0.25, 0.3) is 0 Å². The third kappa shape index (κ3) is 2.43. The van der Waals surface area contributed by atoms with Gasteiger partial charge in [0.15, 0.2) is 0 Å². The minimum Gasteiger partial charge on any atom is -0.291 e. The Hall–Kier alpha value is -1.17. The summed E-state index contributed by atoms with van der Waals surface area (Å²) in [7, 11) is 0. The van der Waals surface area contributed by atoms with Crippen LogP contribution in [0.5, 0.6) is 0 Å². The average Bonchev–Trinajstić information content (AvgIpc) is 2.82. The standard InChI is InChI=1S/C14H7BrCl2F2N2/c15-7-4-10(19)12(5-9(7)18)21-13(6-16)20-11-3-1-2-8(17)14(11)21/h1-5H,6H2. The highest BCUT2D eigenvalue weighted by Crippen LogP contribution is 2.31. The number of para-hydroxylation sites is 1. The lowest BCUT2D eigenvalue weighted by atomic mass is 10.2. The molecule has 3 aromatic rings. The molecule has 1 aromatic heterocycles. The molecule has 0 aliphatic heterocycles. The minimum absolute atomic E-state index is 0.0157. The van der Waals surface area contributed by atoms with Crippen molar-refractivity contribution >= 4 is 50.2 Å². The van der Waals surface area contributed by atoms with Crippen molar-refractivity contribution in [3.63, 3.8) is 0 Å². The molecule has 0 amide bonds. The highest BCUT2D eigenvalue weighted by Gasteiger charge is 2.18. The second-order valence-corrected chi connectivity index (χ2v) is 5.85. The van der Waals surface area contributed by atoms with Crippen molar-refractivity contribution in [3.05, 3.63) is 57.3 Å². The number of hydrogen-bond donors (Lipinski definition) is 0. The Morgan fingerprint density at radius 3 is 2.67 bits per heavy atom. The van der Waals surface area contributed by atoms with Crippen LogP contribution in [-0.4, -0.2) is 9.55 Å². The Bertz CT molecular complexity index is 849. The van der Waals surface area contributed by atoms with Gasteiger partial charge in [-0.15, -0.1) is 11.6 Å². The van der Waals surface area contributed by atoms with Crippen LogP contribution < -0.4 is 0 Å². The number of benzene rings is 2. The first-order valence-corrected chi connectivity index (χ1v) is 7.60. The van der Waals surface area contributed by atoms with Crippen LogP contribution in [0.4, 0.5) is 8.78 Å². The summed E-state index contributed by atoms with van der Waals surface area (Å²) in [5, 5.41) is 0.388. The highest BCUT2D eigenvalue weighted by atomic mass is 79.9. The number of halogens is 5. The fourth-order valence-electron chi connectivity index (χ4n) is 2.17. The largest absolute Gasteiger partial charge is 0.291 e. The summed E-state index contributed by atoms with van der Waals surface area (Å²) >= 11 is 15.0. The van der Waals surface area contributed by atoms with Crippen LogP contribution in [0.2, 0.25) is 5.02 Å². The van der Waals surface area contributed by atoms with Crippen molar-refractivity contribution in [2.24, 2.45) is 0 Å². The monoisotopic (exact) mass is 390 g/mol. The van der Waals surface area contributed by atoms with Crippen LogP contribution in [0, 0.1) is 11.6 Å². The van der Waals surface area contributed by atoms with Crippen LogP contribution in [0.1, 0.15) is 5.82 Å². The molecule has 0 unspecified atom stereocenters. The van der Waals surface area contributed by atoms with Gasteiger partial charge in [-0.3, -0.25) is 4.57 Å². The third-order valence-electron chi connectivity index (χ3n) is 3.05. The number of fused-ring (bicyclic) bond motifs is 1. The lowest BCUT2D eigenvalue weighted by Crippen LogP contribution is -2.03. The van der Waals surface area contributed by atoms with E-state index in [1.807, 2.05) is 0 Å². The smallest absolute Gasteiger partial charge is 0.148 e. The van der Waals surface area contributed by atoms with Crippen molar-refractivity contribution in [1.29, 1.82) is 0 Å². The molecule has 0 saturated carbocycles. The van der Waals surface area contributed by atoms with Crippen molar-refractivity contribution < 1.29 is 8.78 Å². The fraction of sp³-hybridized carbons (Fsp3) is 0.0714. The maximum atomic E-state index is 14.2. The molecule has 0 N–H and O–H groups in total. The van der Waals surface area contributed by atoms with E-state index in [0.29, 0.717) is 21.9 Å². The molecule has 0 aliphatic carbocycles. The maximum Gasteiger partial charge on any atom is 0.148 e. The molecular weight excluding hydrogens is 385 g/mol. The topological polar surface area (TPSA) is 17.8 Å². The van der Waals surface area contributed by atoms with Crippen molar-refractivity contribution in [2.75, 3.05) is 0 Å². The molecule has 0 bridgehead atoms. The summed E-state index contributed by atoms with van der Waals surface area (Å²) in [5.41, 5.74) is 1.08. The van der Waals surface area contributed by atoms with Gasteiger partial charge in [-0.25, -0.2) is 13.8 Å². The Morgan fingerprint density at radius 2 is 1.95 bits per heavy atom. The first-order chi connectivity index (χ1) is 10.0. The van der Waals surface area contributed by atoms with Gasteiger partial charge in [0, 0.05) is 6.07 Å².